The number of hydrogen-bond donors (Lipinski definition) is 2. The zero-order chi connectivity index (χ0) is 24.1. The molecule has 0 radical (unpaired) electrons. The highest BCUT2D eigenvalue weighted by atomic mass is 32.2. The maximum Gasteiger partial charge on any atom is 0.434 e. The number of nitrogens with one attached hydrogen (secondary N) is 1. The van der Waals surface area contributed by atoms with E-state index in [0.717, 1.165) is 26.1 Å². The zero-order valence-electron chi connectivity index (χ0n) is 16.4. The molecule has 0 saturated heterocycles. The third-order valence-corrected chi connectivity index (χ3v) is 6.57. The molecule has 1 aliphatic heterocycles. The molecule has 3 N–H and O–H groups in total. The van der Waals surface area contributed by atoms with E-state index in [1.54, 1.807) is 0 Å². The Kier molecular flexibility index (Phi) is 5.57. The summed E-state index contributed by atoms with van der Waals surface area (Å²) in [6.45, 7) is 1.15. The van der Waals surface area contributed by atoms with Crippen LogP contribution in [0, 0.1) is 11.6 Å². The third-order valence-electron chi connectivity index (χ3n) is 4.62. The molecule has 9 nitrogen and oxygen atoms in total. The first-order valence-electron chi connectivity index (χ1n) is 8.67. The number of sulfonamides is 1. The van der Waals surface area contributed by atoms with E-state index in [0.29, 0.717) is 16.7 Å². The molecule has 32 heavy (non-hydrogen) atoms. The Morgan fingerprint density at radius 3 is 2.41 bits per heavy atom. The zero-order valence-corrected chi connectivity index (χ0v) is 17.2. The average molecular weight is 478 g/mol. The van der Waals surface area contributed by atoms with Crippen LogP contribution >= 0.6 is 0 Å². The van der Waals surface area contributed by atoms with Crippen LogP contribution in [0.4, 0.5) is 27.6 Å². The molecule has 1 aromatic heterocycles. The van der Waals surface area contributed by atoms with Crippen molar-refractivity contribution in [1.82, 2.24) is 14.3 Å². The van der Waals surface area contributed by atoms with Crippen LogP contribution in [-0.2, 0) is 21.7 Å². The van der Waals surface area contributed by atoms with Gasteiger partial charge in [-0.2, -0.15) is 13.2 Å². The molecule has 1 aromatic carbocycles. The second-order valence-corrected chi connectivity index (χ2v) is 8.99. The Morgan fingerprint density at radius 2 is 1.88 bits per heavy atom. The second-order valence-electron chi connectivity index (χ2n) is 6.99. The van der Waals surface area contributed by atoms with Crippen LogP contribution in [-0.4, -0.2) is 47.4 Å². The SMILES string of the molecule is CN1C(N)=N[C@](C)(c2c(F)ccc(NC(=O)c3cnc(C(F)(F)F)cn3)c2F)CS1(=O)=O. The van der Waals surface area contributed by atoms with Crippen molar-refractivity contribution >= 4 is 27.6 Å². The summed E-state index contributed by atoms with van der Waals surface area (Å²) in [6.07, 6.45) is -3.91. The smallest absolute Gasteiger partial charge is 0.369 e. The van der Waals surface area contributed by atoms with E-state index in [9.17, 15) is 30.8 Å². The molecule has 0 aliphatic carbocycles. The van der Waals surface area contributed by atoms with Gasteiger partial charge in [-0.05, 0) is 19.1 Å². The van der Waals surface area contributed by atoms with Crippen LogP contribution in [0.1, 0.15) is 28.7 Å². The second kappa shape index (κ2) is 7.65. The Labute approximate surface area is 178 Å². The number of halogens is 5. The van der Waals surface area contributed by atoms with Crippen LogP contribution in [0.2, 0.25) is 0 Å². The lowest BCUT2D eigenvalue weighted by Crippen LogP contribution is -2.50. The molecular weight excluding hydrogens is 463 g/mol. The number of guanidine groups is 1. The van der Waals surface area contributed by atoms with Crippen LogP contribution in [0.5, 0.6) is 0 Å². The number of aromatic nitrogens is 2. The van der Waals surface area contributed by atoms with Gasteiger partial charge in [0.15, 0.2) is 11.5 Å². The van der Waals surface area contributed by atoms with Gasteiger partial charge in [0, 0.05) is 7.05 Å². The van der Waals surface area contributed by atoms with Crippen molar-refractivity contribution in [2.75, 3.05) is 18.1 Å². The predicted molar refractivity (Wildman–Crippen MR) is 102 cm³/mol. The summed E-state index contributed by atoms with van der Waals surface area (Å²) in [5.74, 6) is -4.92. The third kappa shape index (κ3) is 4.19. The van der Waals surface area contributed by atoms with Gasteiger partial charge < -0.3 is 11.1 Å². The Balaban J connectivity index is 1.98. The number of carbonyl (C=O) groups excluding carboxylic acids is 1. The number of rotatable bonds is 3. The normalized spacial score (nSPS) is 20.6. The summed E-state index contributed by atoms with van der Waals surface area (Å²) < 4.78 is 92.7. The molecule has 2 aromatic rings. The number of anilines is 1. The Bertz CT molecular complexity index is 1220. The molecule has 1 amide bonds. The highest BCUT2D eigenvalue weighted by molar-refractivity contribution is 7.89. The van der Waals surface area contributed by atoms with E-state index in [2.05, 4.69) is 15.0 Å². The van der Waals surface area contributed by atoms with Gasteiger partial charge in [-0.15, -0.1) is 0 Å². The first kappa shape index (κ1) is 23.3. The van der Waals surface area contributed by atoms with Gasteiger partial charge in [0.05, 0.1) is 29.4 Å². The minimum atomic E-state index is -4.77. The molecule has 15 heteroatoms. The fourth-order valence-corrected chi connectivity index (χ4v) is 4.44. The summed E-state index contributed by atoms with van der Waals surface area (Å²) >= 11 is 0. The lowest BCUT2D eigenvalue weighted by molar-refractivity contribution is -0.141. The van der Waals surface area contributed by atoms with Gasteiger partial charge in [-0.1, -0.05) is 0 Å². The predicted octanol–water partition coefficient (Wildman–Crippen LogP) is 1.83. The molecular formula is C17H15F5N6O3S. The van der Waals surface area contributed by atoms with E-state index in [4.69, 9.17) is 5.73 Å². The Morgan fingerprint density at radius 1 is 1.22 bits per heavy atom. The summed E-state index contributed by atoms with van der Waals surface area (Å²) in [5, 5.41) is 2.05. The molecule has 0 unspecified atom stereocenters. The fraction of sp³-hybridized carbons (Fsp3) is 0.294. The van der Waals surface area contributed by atoms with Gasteiger partial charge in [-0.25, -0.2) is 36.5 Å². The number of carbonyl (C=O) groups is 1. The van der Waals surface area contributed by atoms with Gasteiger partial charge in [0.1, 0.15) is 17.1 Å². The van der Waals surface area contributed by atoms with Crippen molar-refractivity contribution in [3.63, 3.8) is 0 Å². The number of hydrogen-bond acceptors (Lipinski definition) is 7. The number of benzene rings is 1. The van der Waals surface area contributed by atoms with E-state index in [1.807, 2.05) is 5.32 Å². The standard InChI is InChI=1S/C17H15F5N6O3S/c1-16(7-32(30,31)28(2)15(23)27-16)12-8(18)3-4-9(13(12)19)26-14(29)10-5-25-11(6-24-10)17(20,21)22/h3-6H,7H2,1-2H3,(H2,23,27)(H,26,29)/t16-/m0/s1. The van der Waals surface area contributed by atoms with Gasteiger partial charge in [-0.3, -0.25) is 4.79 Å². The van der Waals surface area contributed by atoms with Crippen molar-refractivity contribution in [2.24, 2.45) is 10.7 Å². The number of aliphatic imine (C=N–C) groups is 1. The number of nitrogens with zero attached hydrogens (tertiary/aromatic N) is 4. The quantitative estimate of drug-likeness (QED) is 0.648. The first-order chi connectivity index (χ1) is 14.7. The van der Waals surface area contributed by atoms with Crippen LogP contribution in [0.15, 0.2) is 29.5 Å². The van der Waals surface area contributed by atoms with Crippen LogP contribution < -0.4 is 11.1 Å². The van der Waals surface area contributed by atoms with Crippen molar-refractivity contribution in [3.8, 4) is 0 Å². The van der Waals surface area contributed by atoms with Gasteiger partial charge >= 0.3 is 6.18 Å². The largest absolute Gasteiger partial charge is 0.434 e. The fourth-order valence-electron chi connectivity index (χ4n) is 3.00. The van der Waals surface area contributed by atoms with Crippen molar-refractivity contribution in [3.05, 3.63) is 53.1 Å². The molecule has 0 spiro atoms. The van der Waals surface area contributed by atoms with Gasteiger partial charge in [0.25, 0.3) is 5.91 Å². The molecule has 0 fully saturated rings. The lowest BCUT2D eigenvalue weighted by atomic mass is 9.92. The maximum absolute atomic E-state index is 15.2. The van der Waals surface area contributed by atoms with Crippen LogP contribution in [0.3, 0.4) is 0 Å². The van der Waals surface area contributed by atoms with Crippen LogP contribution in [0.25, 0.3) is 0 Å². The summed E-state index contributed by atoms with van der Waals surface area (Å²) in [5.41, 5.74) is 0.370. The lowest BCUT2D eigenvalue weighted by Gasteiger charge is -2.35. The van der Waals surface area contributed by atoms with Crippen molar-refractivity contribution in [1.29, 1.82) is 0 Å². The number of nitrogens with two attached hydrogens (primary N) is 1. The average Bonchev–Trinajstić information content (AvgIpc) is 2.67. The highest BCUT2D eigenvalue weighted by Gasteiger charge is 2.44. The Hall–Kier alpha value is -3.36. The van der Waals surface area contributed by atoms with E-state index in [-0.39, 0.29) is 0 Å². The monoisotopic (exact) mass is 478 g/mol. The van der Waals surface area contributed by atoms with Crippen molar-refractivity contribution < 1.29 is 35.2 Å². The summed E-state index contributed by atoms with van der Waals surface area (Å²) in [7, 11) is -2.92. The molecule has 1 atom stereocenters. The van der Waals surface area contributed by atoms with E-state index < -0.39 is 73.6 Å². The highest BCUT2D eigenvalue weighted by Crippen LogP contribution is 2.37. The number of alkyl halides is 3. The molecule has 3 rings (SSSR count). The summed E-state index contributed by atoms with van der Waals surface area (Å²) in [4.78, 5) is 22.6. The molecule has 1 aliphatic rings. The topological polar surface area (TPSA) is 131 Å². The minimum absolute atomic E-state index is 0.323. The van der Waals surface area contributed by atoms with Crippen molar-refractivity contribution in [2.45, 2.75) is 18.6 Å². The van der Waals surface area contributed by atoms with E-state index >= 15 is 4.39 Å². The first-order valence-corrected chi connectivity index (χ1v) is 10.3. The van der Waals surface area contributed by atoms with E-state index in [1.165, 1.54) is 0 Å². The molecule has 0 saturated carbocycles. The molecule has 172 valence electrons. The number of amides is 1. The maximum atomic E-state index is 15.2. The summed E-state index contributed by atoms with van der Waals surface area (Å²) in [6, 6.07) is 1.62. The van der Waals surface area contributed by atoms with Gasteiger partial charge in [0.2, 0.25) is 16.0 Å². The molecule has 2 heterocycles. The minimum Gasteiger partial charge on any atom is -0.369 e. The molecule has 0 bridgehead atoms.